The molecule has 1 amide bonds. The van der Waals surface area contributed by atoms with Gasteiger partial charge in [0.15, 0.2) is 0 Å². The van der Waals surface area contributed by atoms with Crippen LogP contribution in [-0.4, -0.2) is 41.7 Å². The lowest BCUT2D eigenvalue weighted by atomic mass is 10.1. The van der Waals surface area contributed by atoms with Crippen LogP contribution < -0.4 is 5.32 Å². The van der Waals surface area contributed by atoms with Crippen LogP contribution in [0.2, 0.25) is 0 Å². The molecule has 1 fully saturated rings. The molecule has 1 saturated heterocycles. The van der Waals surface area contributed by atoms with Crippen molar-refractivity contribution in [3.63, 3.8) is 0 Å². The zero-order valence-corrected chi connectivity index (χ0v) is 12.5. The van der Waals surface area contributed by atoms with Gasteiger partial charge in [-0.2, -0.15) is 0 Å². The van der Waals surface area contributed by atoms with Crippen molar-refractivity contribution in [2.75, 3.05) is 19.7 Å². The predicted molar refractivity (Wildman–Crippen MR) is 77.6 cm³/mol. The van der Waals surface area contributed by atoms with Gasteiger partial charge in [-0.25, -0.2) is 4.79 Å². The van der Waals surface area contributed by atoms with Crippen molar-refractivity contribution < 1.29 is 9.53 Å². The van der Waals surface area contributed by atoms with Crippen molar-refractivity contribution in [1.82, 2.24) is 15.2 Å². The monoisotopic (exact) mass is 277 g/mol. The quantitative estimate of drug-likeness (QED) is 0.915. The predicted octanol–water partition coefficient (Wildman–Crippen LogP) is 2.02. The molecule has 1 N–H and O–H groups in total. The topological polar surface area (TPSA) is 54.5 Å². The smallest absolute Gasteiger partial charge is 0.409 e. The number of carbonyl (C=O) groups excluding carboxylic acids is 1. The number of rotatable bonds is 4. The van der Waals surface area contributed by atoms with Gasteiger partial charge in [-0.3, -0.25) is 4.98 Å². The zero-order valence-electron chi connectivity index (χ0n) is 12.5. The summed E-state index contributed by atoms with van der Waals surface area (Å²) in [5.41, 5.74) is 3.51. The molecule has 5 heteroatoms. The molecule has 110 valence electrons. The molecule has 0 saturated carbocycles. The van der Waals surface area contributed by atoms with Crippen LogP contribution >= 0.6 is 0 Å². The second-order valence-corrected chi connectivity index (χ2v) is 5.26. The lowest BCUT2D eigenvalue weighted by Gasteiger charge is -2.16. The van der Waals surface area contributed by atoms with Crippen LogP contribution in [0, 0.1) is 13.8 Å². The SMILES string of the molecule is CCOC(=O)N1CCC(NCc2cnc(C)cc2C)C1. The fourth-order valence-corrected chi connectivity index (χ4v) is 2.47. The van der Waals surface area contributed by atoms with E-state index in [1.165, 1.54) is 11.1 Å². The number of pyridine rings is 1. The fraction of sp³-hybridized carbons (Fsp3) is 0.600. The Bertz CT molecular complexity index is 476. The first kappa shape index (κ1) is 14.8. The molecule has 20 heavy (non-hydrogen) atoms. The van der Waals surface area contributed by atoms with E-state index >= 15 is 0 Å². The van der Waals surface area contributed by atoms with Gasteiger partial charge >= 0.3 is 6.09 Å². The minimum Gasteiger partial charge on any atom is -0.450 e. The summed E-state index contributed by atoms with van der Waals surface area (Å²) in [7, 11) is 0. The van der Waals surface area contributed by atoms with Gasteiger partial charge in [-0.15, -0.1) is 0 Å². The molecule has 0 aliphatic carbocycles. The van der Waals surface area contributed by atoms with Crippen LogP contribution in [0.3, 0.4) is 0 Å². The van der Waals surface area contributed by atoms with E-state index in [0.29, 0.717) is 12.6 Å². The number of nitrogens with zero attached hydrogens (tertiary/aromatic N) is 2. The highest BCUT2D eigenvalue weighted by Crippen LogP contribution is 2.13. The first-order chi connectivity index (χ1) is 9.60. The van der Waals surface area contributed by atoms with Crippen molar-refractivity contribution >= 4 is 6.09 Å². The summed E-state index contributed by atoms with van der Waals surface area (Å²) < 4.78 is 5.02. The maximum Gasteiger partial charge on any atom is 0.409 e. The number of nitrogens with one attached hydrogen (secondary N) is 1. The summed E-state index contributed by atoms with van der Waals surface area (Å²) in [6.45, 7) is 8.64. The molecule has 5 nitrogen and oxygen atoms in total. The molecule has 1 aliphatic heterocycles. The molecular weight excluding hydrogens is 254 g/mol. The maximum absolute atomic E-state index is 11.6. The van der Waals surface area contributed by atoms with Crippen molar-refractivity contribution in [3.8, 4) is 0 Å². The second-order valence-electron chi connectivity index (χ2n) is 5.26. The summed E-state index contributed by atoms with van der Waals surface area (Å²) in [6.07, 6.45) is 2.69. The van der Waals surface area contributed by atoms with E-state index < -0.39 is 0 Å². The summed E-state index contributed by atoms with van der Waals surface area (Å²) in [5, 5.41) is 3.50. The van der Waals surface area contributed by atoms with Crippen LogP contribution in [0.5, 0.6) is 0 Å². The molecule has 1 atom stereocenters. The van der Waals surface area contributed by atoms with E-state index in [2.05, 4.69) is 23.3 Å². The molecule has 1 aromatic heterocycles. The molecule has 0 spiro atoms. The molecule has 0 radical (unpaired) electrons. The summed E-state index contributed by atoms with van der Waals surface area (Å²) in [6, 6.07) is 2.43. The minimum atomic E-state index is -0.204. The largest absolute Gasteiger partial charge is 0.450 e. The number of likely N-dealkylation sites (tertiary alicyclic amines) is 1. The van der Waals surface area contributed by atoms with Crippen LogP contribution in [-0.2, 0) is 11.3 Å². The first-order valence-corrected chi connectivity index (χ1v) is 7.17. The third kappa shape index (κ3) is 3.70. The van der Waals surface area contributed by atoms with Gasteiger partial charge in [0.25, 0.3) is 0 Å². The van der Waals surface area contributed by atoms with Crippen LogP contribution in [0.4, 0.5) is 4.79 Å². The number of aromatic nitrogens is 1. The standard InChI is InChI=1S/C15H23N3O2/c1-4-20-15(19)18-6-5-14(10-18)17-9-13-8-16-12(3)7-11(13)2/h7-8,14,17H,4-6,9-10H2,1-3H3. The number of ether oxygens (including phenoxy) is 1. The Kier molecular flexibility index (Phi) is 4.95. The summed E-state index contributed by atoms with van der Waals surface area (Å²) in [5.74, 6) is 0. The second kappa shape index (κ2) is 6.70. The maximum atomic E-state index is 11.6. The van der Waals surface area contributed by atoms with Crippen molar-refractivity contribution in [3.05, 3.63) is 29.1 Å². The Morgan fingerprint density at radius 1 is 1.55 bits per heavy atom. The van der Waals surface area contributed by atoms with Crippen LogP contribution in [0.1, 0.15) is 30.2 Å². The molecule has 0 bridgehead atoms. The molecule has 0 aromatic carbocycles. The normalized spacial score (nSPS) is 18.4. The third-order valence-electron chi connectivity index (χ3n) is 3.65. The van der Waals surface area contributed by atoms with E-state index in [0.717, 1.165) is 31.7 Å². The van der Waals surface area contributed by atoms with E-state index in [-0.39, 0.29) is 6.09 Å². The lowest BCUT2D eigenvalue weighted by Crippen LogP contribution is -2.35. The lowest BCUT2D eigenvalue weighted by molar-refractivity contribution is 0.115. The zero-order chi connectivity index (χ0) is 14.5. The third-order valence-corrected chi connectivity index (χ3v) is 3.65. The van der Waals surface area contributed by atoms with Crippen molar-refractivity contribution in [1.29, 1.82) is 0 Å². The Morgan fingerprint density at radius 3 is 3.05 bits per heavy atom. The number of hydrogen-bond donors (Lipinski definition) is 1. The van der Waals surface area contributed by atoms with E-state index in [1.54, 1.807) is 4.90 Å². The molecular formula is C15H23N3O2. The van der Waals surface area contributed by atoms with Gasteiger partial charge in [0.2, 0.25) is 0 Å². The van der Waals surface area contributed by atoms with Gasteiger partial charge in [0, 0.05) is 37.6 Å². The Hall–Kier alpha value is -1.62. The van der Waals surface area contributed by atoms with E-state index in [9.17, 15) is 4.79 Å². The summed E-state index contributed by atoms with van der Waals surface area (Å²) in [4.78, 5) is 17.7. The Morgan fingerprint density at radius 2 is 2.35 bits per heavy atom. The van der Waals surface area contributed by atoms with Crippen molar-refractivity contribution in [2.45, 2.75) is 39.8 Å². The highest BCUT2D eigenvalue weighted by Gasteiger charge is 2.26. The number of amides is 1. The van der Waals surface area contributed by atoms with Gasteiger partial charge in [-0.05, 0) is 44.4 Å². The highest BCUT2D eigenvalue weighted by atomic mass is 16.6. The van der Waals surface area contributed by atoms with Gasteiger partial charge < -0.3 is 15.0 Å². The Balaban J connectivity index is 1.82. The van der Waals surface area contributed by atoms with E-state index in [4.69, 9.17) is 4.74 Å². The molecule has 1 unspecified atom stereocenters. The van der Waals surface area contributed by atoms with Crippen molar-refractivity contribution in [2.24, 2.45) is 0 Å². The Labute approximate surface area is 120 Å². The summed E-state index contributed by atoms with van der Waals surface area (Å²) >= 11 is 0. The van der Waals surface area contributed by atoms with E-state index in [1.807, 2.05) is 20.0 Å². The molecule has 1 aromatic rings. The fourth-order valence-electron chi connectivity index (χ4n) is 2.47. The van der Waals surface area contributed by atoms with Gasteiger partial charge in [0.05, 0.1) is 6.61 Å². The van der Waals surface area contributed by atoms with Gasteiger partial charge in [0.1, 0.15) is 0 Å². The molecule has 2 rings (SSSR count). The highest BCUT2D eigenvalue weighted by molar-refractivity contribution is 5.68. The minimum absolute atomic E-state index is 0.204. The first-order valence-electron chi connectivity index (χ1n) is 7.17. The van der Waals surface area contributed by atoms with Gasteiger partial charge in [-0.1, -0.05) is 0 Å². The number of aryl methyl sites for hydroxylation is 2. The van der Waals surface area contributed by atoms with Crippen LogP contribution in [0.25, 0.3) is 0 Å². The number of carbonyl (C=O) groups is 1. The average Bonchev–Trinajstić information content (AvgIpc) is 2.87. The average molecular weight is 277 g/mol. The molecule has 2 heterocycles. The van der Waals surface area contributed by atoms with Crippen LogP contribution in [0.15, 0.2) is 12.3 Å². The number of hydrogen-bond acceptors (Lipinski definition) is 4. The molecule has 1 aliphatic rings.